The molecule has 0 saturated carbocycles. The van der Waals surface area contributed by atoms with Crippen molar-refractivity contribution in [3.63, 3.8) is 0 Å². The van der Waals surface area contributed by atoms with Gasteiger partial charge in [-0.2, -0.15) is 0 Å². The van der Waals surface area contributed by atoms with Gasteiger partial charge < -0.3 is 14.9 Å². The quantitative estimate of drug-likeness (QED) is 0.649. The second-order valence-electron chi connectivity index (χ2n) is 3.70. The van der Waals surface area contributed by atoms with Crippen molar-refractivity contribution < 1.29 is 19.7 Å². The molecule has 3 unspecified atom stereocenters. The van der Waals surface area contributed by atoms with Crippen LogP contribution in [0.5, 0.6) is 0 Å². The SMILES string of the molecule is CC1COC(CO)CN1C(C)C(=O)O. The Morgan fingerprint density at radius 2 is 2.36 bits per heavy atom. The Kier molecular flexibility index (Phi) is 3.86. The molecule has 0 spiro atoms. The number of ether oxygens (including phenoxy) is 1. The molecule has 0 aromatic rings. The summed E-state index contributed by atoms with van der Waals surface area (Å²) in [5.41, 5.74) is 0. The summed E-state index contributed by atoms with van der Waals surface area (Å²) < 4.78 is 5.31. The van der Waals surface area contributed by atoms with Crippen molar-refractivity contribution in [2.45, 2.75) is 32.0 Å². The third-order valence-electron chi connectivity index (χ3n) is 2.61. The standard InChI is InChI=1S/C9H17NO4/c1-6-5-14-8(4-11)3-10(6)7(2)9(12)13/h6-8,11H,3-5H2,1-2H3,(H,12,13). The van der Waals surface area contributed by atoms with E-state index >= 15 is 0 Å². The molecule has 14 heavy (non-hydrogen) atoms. The minimum Gasteiger partial charge on any atom is -0.480 e. The van der Waals surface area contributed by atoms with E-state index in [-0.39, 0.29) is 18.8 Å². The van der Waals surface area contributed by atoms with Gasteiger partial charge in [-0.25, -0.2) is 0 Å². The normalized spacial score (nSPS) is 31.4. The number of hydrogen-bond acceptors (Lipinski definition) is 4. The first-order valence-corrected chi connectivity index (χ1v) is 4.77. The molecule has 5 nitrogen and oxygen atoms in total. The van der Waals surface area contributed by atoms with Gasteiger partial charge >= 0.3 is 5.97 Å². The summed E-state index contributed by atoms with van der Waals surface area (Å²) in [6.07, 6.45) is -0.256. The first-order chi connectivity index (χ1) is 6.56. The minimum absolute atomic E-state index is 0.0600. The second-order valence-corrected chi connectivity index (χ2v) is 3.70. The lowest BCUT2D eigenvalue weighted by Crippen LogP contribution is -2.55. The van der Waals surface area contributed by atoms with E-state index in [1.807, 2.05) is 11.8 Å². The number of rotatable bonds is 3. The molecule has 0 bridgehead atoms. The van der Waals surface area contributed by atoms with Crippen molar-refractivity contribution in [1.29, 1.82) is 0 Å². The zero-order valence-corrected chi connectivity index (χ0v) is 8.51. The molecular weight excluding hydrogens is 186 g/mol. The Bertz CT molecular complexity index is 209. The third kappa shape index (κ3) is 2.43. The first kappa shape index (κ1) is 11.4. The van der Waals surface area contributed by atoms with Crippen molar-refractivity contribution in [2.75, 3.05) is 19.8 Å². The Labute approximate surface area is 83.3 Å². The van der Waals surface area contributed by atoms with Crippen LogP contribution < -0.4 is 0 Å². The molecule has 1 saturated heterocycles. The van der Waals surface area contributed by atoms with Crippen LogP contribution in [0.2, 0.25) is 0 Å². The molecule has 3 atom stereocenters. The predicted molar refractivity (Wildman–Crippen MR) is 50.1 cm³/mol. The maximum atomic E-state index is 10.8. The highest BCUT2D eigenvalue weighted by molar-refractivity contribution is 5.72. The van der Waals surface area contributed by atoms with Gasteiger partial charge in [0.1, 0.15) is 6.04 Å². The van der Waals surface area contributed by atoms with Gasteiger partial charge in [-0.15, -0.1) is 0 Å². The second kappa shape index (κ2) is 4.72. The van der Waals surface area contributed by atoms with E-state index < -0.39 is 12.0 Å². The average Bonchev–Trinajstić information content (AvgIpc) is 2.17. The van der Waals surface area contributed by atoms with Crippen molar-refractivity contribution in [3.8, 4) is 0 Å². The summed E-state index contributed by atoms with van der Waals surface area (Å²) in [6.45, 7) is 4.47. The topological polar surface area (TPSA) is 70.0 Å². The van der Waals surface area contributed by atoms with Crippen LogP contribution in [0.3, 0.4) is 0 Å². The molecule has 1 rings (SSSR count). The van der Waals surface area contributed by atoms with E-state index in [0.29, 0.717) is 13.2 Å². The molecule has 1 heterocycles. The number of morpholine rings is 1. The van der Waals surface area contributed by atoms with Crippen LogP contribution in [-0.4, -0.2) is 59.0 Å². The summed E-state index contributed by atoms with van der Waals surface area (Å²) in [5, 5.41) is 17.8. The molecule has 1 aliphatic rings. The largest absolute Gasteiger partial charge is 0.480 e. The molecule has 0 amide bonds. The maximum absolute atomic E-state index is 10.8. The molecule has 0 radical (unpaired) electrons. The summed E-state index contributed by atoms with van der Waals surface area (Å²) in [4.78, 5) is 12.6. The molecule has 0 aromatic carbocycles. The zero-order valence-electron chi connectivity index (χ0n) is 8.51. The summed E-state index contributed by atoms with van der Waals surface area (Å²) in [6, 6.07) is -0.438. The lowest BCUT2D eigenvalue weighted by atomic mass is 10.1. The van der Waals surface area contributed by atoms with Gasteiger partial charge in [0.25, 0.3) is 0 Å². The number of nitrogens with zero attached hydrogens (tertiary/aromatic N) is 1. The average molecular weight is 203 g/mol. The van der Waals surface area contributed by atoms with E-state index in [1.165, 1.54) is 0 Å². The smallest absolute Gasteiger partial charge is 0.320 e. The van der Waals surface area contributed by atoms with Crippen LogP contribution in [0.15, 0.2) is 0 Å². The van der Waals surface area contributed by atoms with E-state index in [1.54, 1.807) is 6.92 Å². The van der Waals surface area contributed by atoms with Gasteiger partial charge in [0.05, 0.1) is 19.3 Å². The molecule has 0 aliphatic carbocycles. The maximum Gasteiger partial charge on any atom is 0.320 e. The molecule has 0 aromatic heterocycles. The number of carbonyl (C=O) groups is 1. The van der Waals surface area contributed by atoms with Crippen LogP contribution in [-0.2, 0) is 9.53 Å². The lowest BCUT2D eigenvalue weighted by molar-refractivity contribution is -0.150. The van der Waals surface area contributed by atoms with E-state index in [4.69, 9.17) is 14.9 Å². The number of aliphatic carboxylic acids is 1. The Balaban J connectivity index is 2.60. The van der Waals surface area contributed by atoms with Gasteiger partial charge in [-0.3, -0.25) is 9.69 Å². The van der Waals surface area contributed by atoms with Crippen LogP contribution in [0.25, 0.3) is 0 Å². The van der Waals surface area contributed by atoms with Gasteiger partial charge in [0, 0.05) is 12.6 Å². The molecule has 1 fully saturated rings. The zero-order chi connectivity index (χ0) is 10.7. The fourth-order valence-electron chi connectivity index (χ4n) is 1.63. The van der Waals surface area contributed by atoms with Crippen molar-refractivity contribution in [1.82, 2.24) is 4.90 Å². The minimum atomic E-state index is -0.838. The van der Waals surface area contributed by atoms with Crippen LogP contribution in [0.1, 0.15) is 13.8 Å². The summed E-state index contributed by atoms with van der Waals surface area (Å²) in [5.74, 6) is -0.838. The van der Waals surface area contributed by atoms with Crippen molar-refractivity contribution >= 4 is 5.97 Å². The summed E-state index contributed by atoms with van der Waals surface area (Å²) >= 11 is 0. The van der Waals surface area contributed by atoms with E-state index in [9.17, 15) is 4.79 Å². The van der Waals surface area contributed by atoms with Crippen LogP contribution >= 0.6 is 0 Å². The highest BCUT2D eigenvalue weighted by Crippen LogP contribution is 2.14. The van der Waals surface area contributed by atoms with Gasteiger partial charge in [0.15, 0.2) is 0 Å². The monoisotopic (exact) mass is 203 g/mol. The molecular formula is C9H17NO4. The Morgan fingerprint density at radius 3 is 2.86 bits per heavy atom. The number of carboxylic acids is 1. The van der Waals surface area contributed by atoms with Gasteiger partial charge in [-0.05, 0) is 13.8 Å². The number of aliphatic hydroxyl groups is 1. The van der Waals surface area contributed by atoms with Gasteiger partial charge in [0.2, 0.25) is 0 Å². The predicted octanol–water partition coefficient (Wildman–Crippen LogP) is -0.459. The first-order valence-electron chi connectivity index (χ1n) is 4.77. The third-order valence-corrected chi connectivity index (χ3v) is 2.61. The van der Waals surface area contributed by atoms with Crippen LogP contribution in [0.4, 0.5) is 0 Å². The van der Waals surface area contributed by atoms with Crippen molar-refractivity contribution in [2.24, 2.45) is 0 Å². The number of carboxylic acid groups (broad SMARTS) is 1. The highest BCUT2D eigenvalue weighted by atomic mass is 16.5. The molecule has 5 heteroatoms. The number of aliphatic hydroxyl groups excluding tert-OH is 1. The molecule has 2 N–H and O–H groups in total. The number of hydrogen-bond donors (Lipinski definition) is 2. The van der Waals surface area contributed by atoms with Crippen LogP contribution in [0, 0.1) is 0 Å². The summed E-state index contributed by atoms with van der Waals surface area (Å²) in [7, 11) is 0. The lowest BCUT2D eigenvalue weighted by Gasteiger charge is -2.39. The molecule has 82 valence electrons. The van der Waals surface area contributed by atoms with Crippen molar-refractivity contribution in [3.05, 3.63) is 0 Å². The molecule has 1 aliphatic heterocycles. The van der Waals surface area contributed by atoms with Gasteiger partial charge in [-0.1, -0.05) is 0 Å². The van der Waals surface area contributed by atoms with E-state index in [2.05, 4.69) is 0 Å². The van der Waals surface area contributed by atoms with E-state index in [0.717, 1.165) is 0 Å². The Hall–Kier alpha value is -0.650. The highest BCUT2D eigenvalue weighted by Gasteiger charge is 2.31. The Morgan fingerprint density at radius 1 is 1.71 bits per heavy atom. The fourth-order valence-corrected chi connectivity index (χ4v) is 1.63. The fraction of sp³-hybridized carbons (Fsp3) is 0.889.